The number of nitrogen functional groups attached to an aromatic ring is 1. The van der Waals surface area contributed by atoms with Crippen LogP contribution in [0.3, 0.4) is 0 Å². The minimum absolute atomic E-state index is 0.0770. The zero-order valence-electron chi connectivity index (χ0n) is 11.7. The second kappa shape index (κ2) is 4.96. The van der Waals surface area contributed by atoms with Crippen molar-refractivity contribution in [2.45, 2.75) is 5.03 Å². The number of nitrogens with zero attached hydrogens (tertiary/aromatic N) is 2. The molecule has 1 aromatic carbocycles. The normalized spacial score (nSPS) is 11.7. The number of benzene rings is 1. The lowest BCUT2D eigenvalue weighted by molar-refractivity contribution is 0.103. The van der Waals surface area contributed by atoms with Crippen LogP contribution < -0.4 is 5.73 Å². The van der Waals surface area contributed by atoms with Crippen LogP contribution in [0.1, 0.15) is 15.9 Å². The summed E-state index contributed by atoms with van der Waals surface area (Å²) in [4.78, 5) is 16.4. The maximum Gasteiger partial charge on any atom is 0.195 e. The Morgan fingerprint density at radius 1 is 1.09 bits per heavy atom. The Labute approximate surface area is 127 Å². The van der Waals surface area contributed by atoms with Crippen molar-refractivity contribution < 1.29 is 13.2 Å². The van der Waals surface area contributed by atoms with E-state index in [4.69, 9.17) is 5.73 Å². The number of hydrogen-bond donors (Lipinski definition) is 1. The van der Waals surface area contributed by atoms with Crippen LogP contribution >= 0.6 is 0 Å². The van der Waals surface area contributed by atoms with Crippen LogP contribution in [0.15, 0.2) is 53.7 Å². The Balaban J connectivity index is 2.20. The molecule has 0 atom stereocenters. The topological polar surface area (TPSA) is 94.5 Å². The van der Waals surface area contributed by atoms with Crippen LogP contribution in [0.2, 0.25) is 0 Å². The second-order valence-electron chi connectivity index (χ2n) is 4.92. The number of aromatic nitrogens is 2. The van der Waals surface area contributed by atoms with E-state index in [0.717, 1.165) is 6.26 Å². The molecule has 0 radical (unpaired) electrons. The first kappa shape index (κ1) is 14.3. The highest BCUT2D eigenvalue weighted by molar-refractivity contribution is 7.90. The van der Waals surface area contributed by atoms with Crippen LogP contribution in [-0.2, 0) is 9.84 Å². The van der Waals surface area contributed by atoms with Gasteiger partial charge in [-0.25, -0.2) is 13.4 Å². The van der Waals surface area contributed by atoms with Gasteiger partial charge in [-0.15, -0.1) is 0 Å². The quantitative estimate of drug-likeness (QED) is 0.740. The maximum absolute atomic E-state index is 12.4. The first-order valence-electron chi connectivity index (χ1n) is 6.45. The fraction of sp³-hybridized carbons (Fsp3) is 0.0667. The number of anilines is 1. The maximum atomic E-state index is 12.4. The van der Waals surface area contributed by atoms with Gasteiger partial charge in [0, 0.05) is 23.6 Å². The minimum Gasteiger partial charge on any atom is -0.381 e. The van der Waals surface area contributed by atoms with Gasteiger partial charge in [-0.1, -0.05) is 30.3 Å². The Morgan fingerprint density at radius 2 is 1.77 bits per heavy atom. The summed E-state index contributed by atoms with van der Waals surface area (Å²) in [6.45, 7) is 0. The lowest BCUT2D eigenvalue weighted by Crippen LogP contribution is -2.07. The van der Waals surface area contributed by atoms with E-state index < -0.39 is 9.84 Å². The molecule has 112 valence electrons. The number of ketones is 1. The highest BCUT2D eigenvalue weighted by atomic mass is 32.2. The van der Waals surface area contributed by atoms with E-state index in [1.807, 2.05) is 6.07 Å². The molecule has 0 saturated heterocycles. The van der Waals surface area contributed by atoms with Gasteiger partial charge in [-0.2, -0.15) is 0 Å². The number of sulfone groups is 1. The van der Waals surface area contributed by atoms with Crippen LogP contribution in [0.5, 0.6) is 0 Å². The second-order valence-corrected chi connectivity index (χ2v) is 6.85. The first-order valence-corrected chi connectivity index (χ1v) is 8.34. The molecule has 6 nitrogen and oxygen atoms in total. The van der Waals surface area contributed by atoms with Gasteiger partial charge < -0.3 is 5.73 Å². The summed E-state index contributed by atoms with van der Waals surface area (Å²) in [6.07, 6.45) is 2.50. The predicted molar refractivity (Wildman–Crippen MR) is 82.6 cm³/mol. The number of carbonyl (C=O) groups excluding carboxylic acids is 1. The average Bonchev–Trinajstić information content (AvgIpc) is 2.82. The molecule has 0 aliphatic carbocycles. The lowest BCUT2D eigenvalue weighted by Gasteiger charge is -2.04. The highest BCUT2D eigenvalue weighted by Crippen LogP contribution is 2.21. The van der Waals surface area contributed by atoms with Gasteiger partial charge in [0.15, 0.2) is 26.5 Å². The van der Waals surface area contributed by atoms with E-state index in [-0.39, 0.29) is 16.6 Å². The number of fused-ring (bicyclic) bond motifs is 1. The molecular weight excluding hydrogens is 302 g/mol. The molecule has 0 amide bonds. The van der Waals surface area contributed by atoms with Crippen molar-refractivity contribution in [1.29, 1.82) is 0 Å². The summed E-state index contributed by atoms with van der Waals surface area (Å²) in [5.41, 5.74) is 6.94. The smallest absolute Gasteiger partial charge is 0.195 e. The van der Waals surface area contributed by atoms with Gasteiger partial charge in [-0.05, 0) is 12.1 Å². The van der Waals surface area contributed by atoms with Gasteiger partial charge in [0.2, 0.25) is 0 Å². The number of imidazole rings is 1. The standard InChI is InChI=1S/C15H13N3O3S/c1-22(20,21)15-14(16)17-12-8-7-11(9-18(12)15)13(19)10-5-3-2-4-6-10/h2-9H,16H2,1H3. The van der Waals surface area contributed by atoms with Crippen LogP contribution in [0.4, 0.5) is 5.82 Å². The molecule has 3 aromatic rings. The van der Waals surface area contributed by atoms with Crippen molar-refractivity contribution >= 4 is 27.1 Å². The van der Waals surface area contributed by atoms with E-state index in [2.05, 4.69) is 4.98 Å². The predicted octanol–water partition coefficient (Wildman–Crippen LogP) is 1.55. The zero-order chi connectivity index (χ0) is 15.9. The van der Waals surface area contributed by atoms with E-state index in [9.17, 15) is 13.2 Å². The van der Waals surface area contributed by atoms with Gasteiger partial charge in [0.05, 0.1) is 0 Å². The summed E-state index contributed by atoms with van der Waals surface area (Å²) in [6, 6.07) is 11.9. The SMILES string of the molecule is CS(=O)(=O)c1c(N)nc2ccc(C(=O)c3ccccc3)cn12. The number of rotatable bonds is 3. The third-order valence-electron chi connectivity index (χ3n) is 3.25. The third-order valence-corrected chi connectivity index (χ3v) is 4.36. The molecular formula is C15H13N3O3S. The number of nitrogens with two attached hydrogens (primary N) is 1. The minimum atomic E-state index is -3.56. The highest BCUT2D eigenvalue weighted by Gasteiger charge is 2.20. The van der Waals surface area contributed by atoms with Crippen molar-refractivity contribution in [3.8, 4) is 0 Å². The third kappa shape index (κ3) is 2.35. The van der Waals surface area contributed by atoms with Crippen molar-refractivity contribution in [2.24, 2.45) is 0 Å². The van der Waals surface area contributed by atoms with Gasteiger partial charge in [-0.3, -0.25) is 9.20 Å². The molecule has 3 rings (SSSR count). The van der Waals surface area contributed by atoms with E-state index >= 15 is 0 Å². The van der Waals surface area contributed by atoms with Gasteiger partial charge >= 0.3 is 0 Å². The molecule has 2 N–H and O–H groups in total. The van der Waals surface area contributed by atoms with Crippen LogP contribution in [0.25, 0.3) is 5.65 Å². The molecule has 2 aromatic heterocycles. The van der Waals surface area contributed by atoms with Crippen LogP contribution in [0, 0.1) is 0 Å². The fourth-order valence-corrected chi connectivity index (χ4v) is 3.23. The van der Waals surface area contributed by atoms with Crippen molar-refractivity contribution in [1.82, 2.24) is 9.38 Å². The molecule has 0 saturated carbocycles. The summed E-state index contributed by atoms with van der Waals surface area (Å²) < 4.78 is 25.0. The van der Waals surface area contributed by atoms with Crippen molar-refractivity contribution in [3.05, 3.63) is 59.8 Å². The Kier molecular flexibility index (Phi) is 3.22. The number of carbonyl (C=O) groups is 1. The monoisotopic (exact) mass is 315 g/mol. The molecule has 0 unspecified atom stereocenters. The summed E-state index contributed by atoms with van der Waals surface area (Å²) in [7, 11) is -3.56. The van der Waals surface area contributed by atoms with Gasteiger partial charge in [0.25, 0.3) is 0 Å². The lowest BCUT2D eigenvalue weighted by atomic mass is 10.1. The summed E-state index contributed by atoms with van der Waals surface area (Å²) in [5, 5.41) is -0.106. The fourth-order valence-electron chi connectivity index (χ4n) is 2.30. The molecule has 0 bridgehead atoms. The Hall–Kier alpha value is -2.67. The first-order chi connectivity index (χ1) is 10.4. The zero-order valence-corrected chi connectivity index (χ0v) is 12.5. The molecule has 0 spiro atoms. The van der Waals surface area contributed by atoms with E-state index in [1.54, 1.807) is 36.4 Å². The molecule has 7 heteroatoms. The van der Waals surface area contributed by atoms with E-state index in [1.165, 1.54) is 10.6 Å². The van der Waals surface area contributed by atoms with Gasteiger partial charge in [0.1, 0.15) is 5.65 Å². The molecule has 22 heavy (non-hydrogen) atoms. The number of hydrogen-bond acceptors (Lipinski definition) is 5. The van der Waals surface area contributed by atoms with Crippen molar-refractivity contribution in [3.63, 3.8) is 0 Å². The molecule has 0 aliphatic heterocycles. The average molecular weight is 315 g/mol. The van der Waals surface area contributed by atoms with E-state index in [0.29, 0.717) is 16.8 Å². The summed E-state index contributed by atoms with van der Waals surface area (Å²) in [5.74, 6) is -0.277. The van der Waals surface area contributed by atoms with Crippen molar-refractivity contribution in [2.75, 3.05) is 12.0 Å². The molecule has 0 fully saturated rings. The number of pyridine rings is 1. The summed E-state index contributed by atoms with van der Waals surface area (Å²) >= 11 is 0. The largest absolute Gasteiger partial charge is 0.381 e. The van der Waals surface area contributed by atoms with Crippen LogP contribution in [-0.4, -0.2) is 29.8 Å². The Morgan fingerprint density at radius 3 is 2.41 bits per heavy atom. The molecule has 2 heterocycles. The Bertz CT molecular complexity index is 976. The molecule has 0 aliphatic rings.